The van der Waals surface area contributed by atoms with Gasteiger partial charge < -0.3 is 5.32 Å². The molecular weight excluding hydrogens is 339 g/mol. The summed E-state index contributed by atoms with van der Waals surface area (Å²) in [5, 5.41) is 3.40. The number of carbonyl (C=O) groups excluding carboxylic acids is 1. The van der Waals surface area contributed by atoms with Gasteiger partial charge in [0.1, 0.15) is 0 Å². The Bertz CT molecular complexity index is 604. The average molecular weight is 346 g/mol. The van der Waals surface area contributed by atoms with Crippen molar-refractivity contribution in [1.29, 1.82) is 0 Å². The first kappa shape index (κ1) is 13.3. The zero-order chi connectivity index (χ0) is 13.1. The maximum Gasteiger partial charge on any atom is 0.255 e. The van der Waals surface area contributed by atoms with Gasteiger partial charge in [0, 0.05) is 21.3 Å². The predicted octanol–water partition coefficient (Wildman–Crippen LogP) is 4.40. The monoisotopic (exact) mass is 344 g/mol. The van der Waals surface area contributed by atoms with Gasteiger partial charge in [-0.3, -0.25) is 4.79 Å². The van der Waals surface area contributed by atoms with Crippen LogP contribution in [0.2, 0.25) is 10.2 Å². The summed E-state index contributed by atoms with van der Waals surface area (Å²) in [7, 11) is 0. The second-order valence-electron chi connectivity index (χ2n) is 3.46. The van der Waals surface area contributed by atoms with Crippen LogP contribution in [0.3, 0.4) is 0 Å². The highest BCUT2D eigenvalue weighted by molar-refractivity contribution is 9.10. The second-order valence-corrected chi connectivity index (χ2v) is 5.17. The van der Waals surface area contributed by atoms with Gasteiger partial charge >= 0.3 is 0 Å². The normalized spacial score (nSPS) is 10.2. The Kier molecular flexibility index (Phi) is 4.22. The van der Waals surface area contributed by atoms with Gasteiger partial charge in [0.15, 0.2) is 5.15 Å². The third kappa shape index (κ3) is 3.22. The lowest BCUT2D eigenvalue weighted by molar-refractivity contribution is 0.102. The number of hydrogen-bond donors (Lipinski definition) is 1. The molecule has 0 unspecified atom stereocenters. The molecular formula is C12H7BrCl2N2O. The van der Waals surface area contributed by atoms with Crippen LogP contribution < -0.4 is 5.32 Å². The zero-order valence-electron chi connectivity index (χ0n) is 8.95. The molecule has 0 radical (unpaired) electrons. The highest BCUT2D eigenvalue weighted by Gasteiger charge is 2.09. The molecule has 0 bridgehead atoms. The summed E-state index contributed by atoms with van der Waals surface area (Å²) in [5.74, 6) is -0.292. The summed E-state index contributed by atoms with van der Waals surface area (Å²) in [4.78, 5) is 15.9. The van der Waals surface area contributed by atoms with Crippen LogP contribution in [0, 0.1) is 0 Å². The molecule has 1 amide bonds. The molecule has 0 aliphatic carbocycles. The summed E-state index contributed by atoms with van der Waals surface area (Å²) in [6.45, 7) is 0. The minimum Gasteiger partial charge on any atom is -0.319 e. The number of nitrogens with one attached hydrogen (secondary N) is 1. The third-order valence-electron chi connectivity index (χ3n) is 2.14. The number of amides is 1. The van der Waals surface area contributed by atoms with E-state index in [1.807, 2.05) is 0 Å². The lowest BCUT2D eigenvalue weighted by atomic mass is 10.2. The van der Waals surface area contributed by atoms with Crippen LogP contribution in [-0.4, -0.2) is 10.9 Å². The van der Waals surface area contributed by atoms with Crippen LogP contribution in [0.1, 0.15) is 10.4 Å². The average Bonchev–Trinajstić information content (AvgIpc) is 2.34. The topological polar surface area (TPSA) is 42.0 Å². The van der Waals surface area contributed by atoms with E-state index in [1.165, 1.54) is 0 Å². The van der Waals surface area contributed by atoms with Crippen LogP contribution in [0.25, 0.3) is 0 Å². The van der Waals surface area contributed by atoms with Gasteiger partial charge in [0.05, 0.1) is 5.69 Å². The summed E-state index contributed by atoms with van der Waals surface area (Å²) in [6, 6.07) is 8.33. The summed E-state index contributed by atoms with van der Waals surface area (Å²) >= 11 is 15.0. The first-order valence-corrected chi connectivity index (χ1v) is 6.49. The van der Waals surface area contributed by atoms with E-state index in [0.717, 1.165) is 4.47 Å². The molecule has 0 fully saturated rings. The molecule has 3 nitrogen and oxygen atoms in total. The van der Waals surface area contributed by atoms with Crippen LogP contribution in [0.15, 0.2) is 41.0 Å². The van der Waals surface area contributed by atoms with Gasteiger partial charge in [-0.15, -0.1) is 0 Å². The number of rotatable bonds is 2. The van der Waals surface area contributed by atoms with Crippen molar-refractivity contribution in [2.45, 2.75) is 0 Å². The molecule has 1 N–H and O–H groups in total. The molecule has 0 saturated carbocycles. The number of carbonyl (C=O) groups is 1. The molecule has 2 aromatic rings. The van der Waals surface area contributed by atoms with Crippen molar-refractivity contribution in [2.75, 3.05) is 5.32 Å². The van der Waals surface area contributed by atoms with Gasteiger partial charge in [-0.25, -0.2) is 4.98 Å². The van der Waals surface area contributed by atoms with Crippen molar-refractivity contribution >= 4 is 50.7 Å². The van der Waals surface area contributed by atoms with Crippen molar-refractivity contribution in [3.63, 3.8) is 0 Å². The molecule has 1 aromatic heterocycles. The van der Waals surface area contributed by atoms with Crippen molar-refractivity contribution in [1.82, 2.24) is 4.98 Å². The SMILES string of the molecule is O=C(Nc1cc(Br)cnc1Cl)c1cccc(Cl)c1. The zero-order valence-corrected chi connectivity index (χ0v) is 12.1. The van der Waals surface area contributed by atoms with E-state index < -0.39 is 0 Å². The van der Waals surface area contributed by atoms with E-state index in [9.17, 15) is 4.79 Å². The molecule has 2 rings (SSSR count). The van der Waals surface area contributed by atoms with Gasteiger partial charge in [-0.1, -0.05) is 29.3 Å². The Hall–Kier alpha value is -1.10. The Morgan fingerprint density at radius 1 is 1.28 bits per heavy atom. The summed E-state index contributed by atoms with van der Waals surface area (Å²) < 4.78 is 0.730. The van der Waals surface area contributed by atoms with Gasteiger partial charge in [0.2, 0.25) is 0 Å². The van der Waals surface area contributed by atoms with E-state index in [4.69, 9.17) is 23.2 Å². The van der Waals surface area contributed by atoms with E-state index in [0.29, 0.717) is 16.3 Å². The fourth-order valence-electron chi connectivity index (χ4n) is 1.33. The van der Waals surface area contributed by atoms with Crippen LogP contribution in [-0.2, 0) is 0 Å². The Morgan fingerprint density at radius 2 is 2.06 bits per heavy atom. The number of hydrogen-bond acceptors (Lipinski definition) is 2. The van der Waals surface area contributed by atoms with E-state index in [2.05, 4.69) is 26.2 Å². The van der Waals surface area contributed by atoms with Crippen molar-refractivity contribution in [3.8, 4) is 0 Å². The summed E-state index contributed by atoms with van der Waals surface area (Å²) in [5.41, 5.74) is 0.898. The van der Waals surface area contributed by atoms with Crippen LogP contribution in [0.4, 0.5) is 5.69 Å². The second kappa shape index (κ2) is 5.69. The first-order valence-electron chi connectivity index (χ1n) is 4.94. The third-order valence-corrected chi connectivity index (χ3v) is 3.11. The number of halogens is 3. The quantitative estimate of drug-likeness (QED) is 0.819. The fourth-order valence-corrected chi connectivity index (χ4v) is 2.01. The molecule has 0 spiro atoms. The Morgan fingerprint density at radius 3 is 2.78 bits per heavy atom. The molecule has 0 aliphatic rings. The maximum absolute atomic E-state index is 12.0. The molecule has 0 aliphatic heterocycles. The number of anilines is 1. The highest BCUT2D eigenvalue weighted by atomic mass is 79.9. The molecule has 0 saturated heterocycles. The number of aromatic nitrogens is 1. The standard InChI is InChI=1S/C12H7BrCl2N2O/c13-8-5-10(11(15)16-6-8)17-12(18)7-2-1-3-9(14)4-7/h1-6H,(H,17,18). The van der Waals surface area contributed by atoms with E-state index >= 15 is 0 Å². The predicted molar refractivity (Wildman–Crippen MR) is 76.4 cm³/mol. The largest absolute Gasteiger partial charge is 0.319 e. The smallest absolute Gasteiger partial charge is 0.255 e. The first-order chi connectivity index (χ1) is 8.56. The highest BCUT2D eigenvalue weighted by Crippen LogP contribution is 2.23. The van der Waals surface area contributed by atoms with Crippen molar-refractivity contribution in [3.05, 3.63) is 56.7 Å². The fraction of sp³-hybridized carbons (Fsp3) is 0. The van der Waals surface area contributed by atoms with Gasteiger partial charge in [0.25, 0.3) is 5.91 Å². The van der Waals surface area contributed by atoms with Crippen molar-refractivity contribution in [2.24, 2.45) is 0 Å². The molecule has 1 heterocycles. The van der Waals surface area contributed by atoms with E-state index in [1.54, 1.807) is 36.5 Å². The van der Waals surface area contributed by atoms with Crippen LogP contribution in [0.5, 0.6) is 0 Å². The number of pyridine rings is 1. The number of nitrogens with zero attached hydrogens (tertiary/aromatic N) is 1. The minimum absolute atomic E-state index is 0.230. The number of benzene rings is 1. The van der Waals surface area contributed by atoms with Gasteiger partial charge in [-0.05, 0) is 40.2 Å². The molecule has 6 heteroatoms. The molecule has 18 heavy (non-hydrogen) atoms. The molecule has 92 valence electrons. The van der Waals surface area contributed by atoms with Crippen LogP contribution >= 0.6 is 39.1 Å². The molecule has 0 atom stereocenters. The van der Waals surface area contributed by atoms with E-state index in [-0.39, 0.29) is 11.1 Å². The Labute approximate surface area is 122 Å². The minimum atomic E-state index is -0.292. The van der Waals surface area contributed by atoms with Gasteiger partial charge in [-0.2, -0.15) is 0 Å². The van der Waals surface area contributed by atoms with Crippen molar-refractivity contribution < 1.29 is 4.79 Å². The Balaban J connectivity index is 2.24. The lowest BCUT2D eigenvalue weighted by Crippen LogP contribution is -2.12. The lowest BCUT2D eigenvalue weighted by Gasteiger charge is -2.07. The summed E-state index contributed by atoms with van der Waals surface area (Å²) in [6.07, 6.45) is 1.55. The maximum atomic E-state index is 12.0. The molecule has 1 aromatic carbocycles.